The van der Waals surface area contributed by atoms with Crippen molar-refractivity contribution in [2.24, 2.45) is 0 Å². The van der Waals surface area contributed by atoms with Gasteiger partial charge in [-0.1, -0.05) is 19.1 Å². The predicted molar refractivity (Wildman–Crippen MR) is 91.7 cm³/mol. The Kier molecular flexibility index (Phi) is 4.10. The Balaban J connectivity index is 1.96. The number of hydrogen-bond acceptors (Lipinski definition) is 3. The number of pyridine rings is 1. The third kappa shape index (κ3) is 2.82. The molecular weight excluding hydrogens is 288 g/mol. The van der Waals surface area contributed by atoms with Crippen molar-refractivity contribution in [1.82, 2.24) is 14.8 Å². The number of fused-ring (bicyclic) bond motifs is 1. The van der Waals surface area contributed by atoms with Crippen molar-refractivity contribution in [3.8, 4) is 0 Å². The van der Waals surface area contributed by atoms with E-state index >= 15 is 0 Å². The first-order valence-electron chi connectivity index (χ1n) is 7.81. The lowest BCUT2D eigenvalue weighted by Gasteiger charge is -2.08. The summed E-state index contributed by atoms with van der Waals surface area (Å²) in [6, 6.07) is 9.33. The van der Waals surface area contributed by atoms with Crippen LogP contribution >= 0.6 is 0 Å². The molecule has 118 valence electrons. The van der Waals surface area contributed by atoms with Gasteiger partial charge in [0.2, 0.25) is 0 Å². The summed E-state index contributed by atoms with van der Waals surface area (Å²) >= 11 is 0. The number of nitrogens with one attached hydrogen (secondary N) is 1. The summed E-state index contributed by atoms with van der Waals surface area (Å²) in [5.74, 6) is -0.133. The van der Waals surface area contributed by atoms with E-state index in [2.05, 4.69) is 22.3 Å². The van der Waals surface area contributed by atoms with Crippen LogP contribution in [0.3, 0.4) is 0 Å². The highest BCUT2D eigenvalue weighted by Gasteiger charge is 2.16. The minimum Gasteiger partial charge on any atom is -0.319 e. The molecule has 0 unspecified atom stereocenters. The Bertz CT molecular complexity index is 861. The number of aromatic nitrogens is 3. The van der Waals surface area contributed by atoms with Crippen molar-refractivity contribution < 1.29 is 4.79 Å². The summed E-state index contributed by atoms with van der Waals surface area (Å²) in [6.45, 7) is 6.86. The summed E-state index contributed by atoms with van der Waals surface area (Å²) in [4.78, 5) is 17.0. The van der Waals surface area contributed by atoms with Gasteiger partial charge in [-0.05, 0) is 38.5 Å². The zero-order chi connectivity index (χ0) is 16.4. The summed E-state index contributed by atoms with van der Waals surface area (Å²) in [5.41, 5.74) is 4.05. The molecule has 0 aliphatic heterocycles. The highest BCUT2D eigenvalue weighted by molar-refractivity contribution is 6.12. The molecule has 0 aliphatic rings. The fraction of sp³-hybridized carbons (Fsp3) is 0.278. The van der Waals surface area contributed by atoms with Crippen LogP contribution in [0.5, 0.6) is 0 Å². The molecule has 0 radical (unpaired) electrons. The molecule has 3 rings (SSSR count). The second-order valence-corrected chi connectivity index (χ2v) is 5.60. The van der Waals surface area contributed by atoms with E-state index in [1.54, 1.807) is 6.20 Å². The number of benzene rings is 1. The van der Waals surface area contributed by atoms with Crippen molar-refractivity contribution in [2.75, 3.05) is 5.32 Å². The van der Waals surface area contributed by atoms with Gasteiger partial charge in [0.15, 0.2) is 0 Å². The molecule has 0 spiro atoms. The first-order chi connectivity index (χ1) is 11.1. The Morgan fingerprint density at radius 1 is 1.22 bits per heavy atom. The molecule has 0 saturated heterocycles. The van der Waals surface area contributed by atoms with Gasteiger partial charge in [-0.2, -0.15) is 5.10 Å². The van der Waals surface area contributed by atoms with Gasteiger partial charge in [-0.25, -0.2) is 0 Å². The van der Waals surface area contributed by atoms with E-state index in [0.29, 0.717) is 5.56 Å². The number of amides is 1. The van der Waals surface area contributed by atoms with Crippen molar-refractivity contribution in [2.45, 2.75) is 33.7 Å². The molecule has 0 saturated carbocycles. The van der Waals surface area contributed by atoms with Gasteiger partial charge in [0.25, 0.3) is 5.91 Å². The summed E-state index contributed by atoms with van der Waals surface area (Å²) in [6.07, 6.45) is 2.73. The standard InChI is InChI=1S/C18H20N4O/c1-4-11-22-13(3)17(12(2)21-22)20-18(23)15-7-5-9-16-14(15)8-6-10-19-16/h5-10H,4,11H2,1-3H3,(H,20,23). The Labute approximate surface area is 135 Å². The number of carbonyl (C=O) groups is 1. The third-order valence-electron chi connectivity index (χ3n) is 3.95. The molecule has 5 heteroatoms. The summed E-state index contributed by atoms with van der Waals surface area (Å²) < 4.78 is 1.94. The quantitative estimate of drug-likeness (QED) is 0.799. The fourth-order valence-corrected chi connectivity index (χ4v) is 2.79. The number of anilines is 1. The molecular formula is C18H20N4O. The zero-order valence-corrected chi connectivity index (χ0v) is 13.6. The van der Waals surface area contributed by atoms with E-state index in [4.69, 9.17) is 0 Å². The molecule has 5 nitrogen and oxygen atoms in total. The Morgan fingerprint density at radius 2 is 2.04 bits per heavy atom. The molecule has 0 atom stereocenters. The SMILES string of the molecule is CCCn1nc(C)c(NC(=O)c2cccc3ncccc23)c1C. The highest BCUT2D eigenvalue weighted by atomic mass is 16.1. The normalized spacial score (nSPS) is 10.9. The van der Waals surface area contributed by atoms with Crippen LogP contribution in [0.25, 0.3) is 10.9 Å². The number of carbonyl (C=O) groups excluding carboxylic acids is 1. The second-order valence-electron chi connectivity index (χ2n) is 5.60. The van der Waals surface area contributed by atoms with E-state index in [1.165, 1.54) is 0 Å². The van der Waals surface area contributed by atoms with Gasteiger partial charge in [0.05, 0.1) is 22.6 Å². The lowest BCUT2D eigenvalue weighted by Crippen LogP contribution is -2.14. The number of aryl methyl sites for hydroxylation is 2. The van der Waals surface area contributed by atoms with E-state index in [0.717, 1.165) is 40.9 Å². The number of rotatable bonds is 4. The van der Waals surface area contributed by atoms with Crippen molar-refractivity contribution in [3.05, 3.63) is 53.5 Å². The van der Waals surface area contributed by atoms with Crippen LogP contribution in [0.4, 0.5) is 5.69 Å². The van der Waals surface area contributed by atoms with Crippen LogP contribution in [0.2, 0.25) is 0 Å². The largest absolute Gasteiger partial charge is 0.319 e. The third-order valence-corrected chi connectivity index (χ3v) is 3.95. The van der Waals surface area contributed by atoms with Gasteiger partial charge in [-0.3, -0.25) is 14.5 Å². The molecule has 0 fully saturated rings. The number of hydrogen-bond donors (Lipinski definition) is 1. The molecule has 1 N–H and O–H groups in total. The highest BCUT2D eigenvalue weighted by Crippen LogP contribution is 2.22. The Morgan fingerprint density at radius 3 is 2.83 bits per heavy atom. The minimum atomic E-state index is -0.133. The maximum atomic E-state index is 12.7. The maximum Gasteiger partial charge on any atom is 0.256 e. The topological polar surface area (TPSA) is 59.8 Å². The fourth-order valence-electron chi connectivity index (χ4n) is 2.79. The van der Waals surface area contributed by atoms with Gasteiger partial charge < -0.3 is 5.32 Å². The molecule has 1 amide bonds. The van der Waals surface area contributed by atoms with E-state index in [1.807, 2.05) is 48.9 Å². The van der Waals surface area contributed by atoms with Crippen LogP contribution in [0, 0.1) is 13.8 Å². The van der Waals surface area contributed by atoms with Crippen molar-refractivity contribution >= 4 is 22.5 Å². The second kappa shape index (κ2) is 6.20. The molecule has 0 bridgehead atoms. The Hall–Kier alpha value is -2.69. The molecule has 23 heavy (non-hydrogen) atoms. The van der Waals surface area contributed by atoms with E-state index in [9.17, 15) is 4.79 Å². The van der Waals surface area contributed by atoms with Gasteiger partial charge >= 0.3 is 0 Å². The molecule has 3 aromatic rings. The zero-order valence-electron chi connectivity index (χ0n) is 13.6. The average molecular weight is 308 g/mol. The first-order valence-corrected chi connectivity index (χ1v) is 7.81. The van der Waals surface area contributed by atoms with Crippen LogP contribution < -0.4 is 5.32 Å². The summed E-state index contributed by atoms with van der Waals surface area (Å²) in [5, 5.41) is 8.36. The van der Waals surface area contributed by atoms with Gasteiger partial charge in [-0.15, -0.1) is 0 Å². The average Bonchev–Trinajstić information content (AvgIpc) is 2.82. The lowest BCUT2D eigenvalue weighted by atomic mass is 10.1. The first kappa shape index (κ1) is 15.2. The maximum absolute atomic E-state index is 12.7. The van der Waals surface area contributed by atoms with Gasteiger partial charge in [0, 0.05) is 23.7 Å². The predicted octanol–water partition coefficient (Wildman–Crippen LogP) is 3.71. The van der Waals surface area contributed by atoms with Crippen LogP contribution in [-0.4, -0.2) is 20.7 Å². The monoisotopic (exact) mass is 308 g/mol. The molecule has 2 aromatic heterocycles. The lowest BCUT2D eigenvalue weighted by molar-refractivity contribution is 0.102. The van der Waals surface area contributed by atoms with Crippen LogP contribution in [0.15, 0.2) is 36.5 Å². The van der Waals surface area contributed by atoms with Crippen LogP contribution in [-0.2, 0) is 6.54 Å². The minimum absolute atomic E-state index is 0.133. The van der Waals surface area contributed by atoms with E-state index < -0.39 is 0 Å². The number of nitrogens with zero attached hydrogens (tertiary/aromatic N) is 3. The van der Waals surface area contributed by atoms with Gasteiger partial charge in [0.1, 0.15) is 0 Å². The van der Waals surface area contributed by atoms with Crippen molar-refractivity contribution in [3.63, 3.8) is 0 Å². The van der Waals surface area contributed by atoms with Crippen molar-refractivity contribution in [1.29, 1.82) is 0 Å². The molecule has 1 aromatic carbocycles. The molecule has 0 aliphatic carbocycles. The molecule has 2 heterocycles. The summed E-state index contributed by atoms with van der Waals surface area (Å²) in [7, 11) is 0. The smallest absolute Gasteiger partial charge is 0.256 e. The van der Waals surface area contributed by atoms with E-state index in [-0.39, 0.29) is 5.91 Å². The van der Waals surface area contributed by atoms with Crippen LogP contribution in [0.1, 0.15) is 35.1 Å².